The predicted molar refractivity (Wildman–Crippen MR) is 152 cm³/mol. The van der Waals surface area contributed by atoms with E-state index in [2.05, 4.69) is 21.5 Å². The summed E-state index contributed by atoms with van der Waals surface area (Å²) >= 11 is 0. The molecular weight excluding hydrogens is 566 g/mol. The van der Waals surface area contributed by atoms with Crippen LogP contribution in [-0.2, 0) is 14.6 Å². The number of anilines is 1. The molecule has 0 unspecified atom stereocenters. The largest absolute Gasteiger partial charge is 0.355 e. The number of halogens is 2. The fourth-order valence-electron chi connectivity index (χ4n) is 5.29. The lowest BCUT2D eigenvalue weighted by molar-refractivity contribution is -0.126. The molecule has 2 aliphatic rings. The molecule has 6 rings (SSSR count). The predicted octanol–water partition coefficient (Wildman–Crippen LogP) is 3.28. The molecule has 13 heteroatoms. The molecule has 1 saturated carbocycles. The summed E-state index contributed by atoms with van der Waals surface area (Å²) in [4.78, 5) is 42.2. The van der Waals surface area contributed by atoms with E-state index in [9.17, 15) is 22.4 Å². The van der Waals surface area contributed by atoms with E-state index in [0.717, 1.165) is 10.6 Å². The van der Waals surface area contributed by atoms with Gasteiger partial charge in [-0.05, 0) is 56.2 Å². The number of nitrogens with zero attached hydrogens (tertiary/aromatic N) is 6. The Labute approximate surface area is 239 Å². The Morgan fingerprint density at radius 3 is 2.52 bits per heavy atom. The number of rotatable bonds is 6. The molecule has 0 radical (unpaired) electrons. The molecule has 42 heavy (non-hydrogen) atoms. The molecule has 1 aliphatic carbocycles. The summed E-state index contributed by atoms with van der Waals surface area (Å²) in [7, 11) is -3.88. The highest BCUT2D eigenvalue weighted by Crippen LogP contribution is 2.36. The average Bonchev–Trinajstić information content (AvgIpc) is 3.83. The first-order valence-corrected chi connectivity index (χ1v) is 14.9. The van der Waals surface area contributed by atoms with Crippen LogP contribution in [0.2, 0.25) is 0 Å². The molecule has 1 atom stereocenters. The first-order valence-electron chi connectivity index (χ1n) is 13.4. The van der Waals surface area contributed by atoms with Crippen molar-refractivity contribution in [1.29, 1.82) is 0 Å². The van der Waals surface area contributed by atoms with Crippen LogP contribution >= 0.6 is 0 Å². The number of sulfone groups is 1. The van der Waals surface area contributed by atoms with Crippen LogP contribution in [0.5, 0.6) is 0 Å². The number of fused-ring (bicyclic) bond motifs is 1. The minimum atomic E-state index is -3.88. The Bertz CT molecular complexity index is 1930. The van der Waals surface area contributed by atoms with E-state index >= 15 is 4.39 Å². The van der Waals surface area contributed by atoms with Crippen LogP contribution in [0.3, 0.4) is 0 Å². The number of benzene rings is 1. The van der Waals surface area contributed by atoms with Crippen LogP contribution in [0.4, 0.5) is 14.6 Å². The normalized spacial score (nSPS) is 17.5. The maximum Gasteiger partial charge on any atom is 0.355 e. The summed E-state index contributed by atoms with van der Waals surface area (Å²) < 4.78 is 58.2. The van der Waals surface area contributed by atoms with Crippen LogP contribution < -0.4 is 10.6 Å². The van der Waals surface area contributed by atoms with Crippen LogP contribution in [0.1, 0.15) is 19.8 Å². The van der Waals surface area contributed by atoms with Crippen molar-refractivity contribution in [3.05, 3.63) is 83.4 Å². The lowest BCUT2D eigenvalue weighted by atomic mass is 10.1. The van der Waals surface area contributed by atoms with Crippen LogP contribution in [0.25, 0.3) is 28.0 Å². The van der Waals surface area contributed by atoms with Crippen molar-refractivity contribution in [2.45, 2.75) is 36.1 Å². The van der Waals surface area contributed by atoms with Gasteiger partial charge in [0.25, 0.3) is 0 Å². The monoisotopic (exact) mass is 592 g/mol. The Balaban J connectivity index is 1.62. The van der Waals surface area contributed by atoms with Gasteiger partial charge in [-0.3, -0.25) is 4.79 Å². The van der Waals surface area contributed by atoms with Crippen LogP contribution in [0.15, 0.2) is 71.1 Å². The highest BCUT2D eigenvalue weighted by Gasteiger charge is 2.40. The molecule has 4 aromatic rings. The number of hydrogen-bond acceptors (Lipinski definition) is 8. The molecule has 1 saturated heterocycles. The Morgan fingerprint density at radius 2 is 1.83 bits per heavy atom. The number of piperazine rings is 1. The Hall–Kier alpha value is -4.52. The molecule has 1 aliphatic heterocycles. The van der Waals surface area contributed by atoms with E-state index in [1.807, 2.05) is 6.92 Å². The molecule has 0 bridgehead atoms. The number of carbonyl (C=O) groups excluding carboxylic acids is 1. The fourth-order valence-corrected chi connectivity index (χ4v) is 7.02. The van der Waals surface area contributed by atoms with Gasteiger partial charge in [0.1, 0.15) is 23.1 Å². The van der Waals surface area contributed by atoms with Gasteiger partial charge in [0.05, 0.1) is 16.3 Å². The molecule has 0 spiro atoms. The second kappa shape index (κ2) is 10.4. The zero-order valence-corrected chi connectivity index (χ0v) is 23.4. The van der Waals surface area contributed by atoms with Gasteiger partial charge >= 0.3 is 5.69 Å². The maximum atomic E-state index is 15.7. The van der Waals surface area contributed by atoms with E-state index < -0.39 is 32.4 Å². The highest BCUT2D eigenvalue weighted by molar-refractivity contribution is 7.92. The number of aromatic nitrogens is 4. The molecule has 10 nitrogen and oxygen atoms in total. The smallest absolute Gasteiger partial charge is 0.350 e. The lowest BCUT2D eigenvalue weighted by Gasteiger charge is -2.40. The van der Waals surface area contributed by atoms with E-state index in [1.165, 1.54) is 48.7 Å². The van der Waals surface area contributed by atoms with E-state index in [0.29, 0.717) is 25.9 Å². The quantitative estimate of drug-likeness (QED) is 0.313. The van der Waals surface area contributed by atoms with E-state index in [4.69, 9.17) is 0 Å². The number of pyridine rings is 2. The van der Waals surface area contributed by atoms with Crippen molar-refractivity contribution >= 4 is 32.6 Å². The molecule has 3 aromatic heterocycles. The van der Waals surface area contributed by atoms with Crippen molar-refractivity contribution in [2.75, 3.05) is 24.5 Å². The topological polar surface area (TPSA) is 118 Å². The second-order valence-electron chi connectivity index (χ2n) is 10.3. The molecule has 2 fully saturated rings. The van der Waals surface area contributed by atoms with Crippen molar-refractivity contribution in [3.63, 3.8) is 0 Å². The summed E-state index contributed by atoms with van der Waals surface area (Å²) in [5.41, 5.74) is -1.53. The van der Waals surface area contributed by atoms with Crippen molar-refractivity contribution in [3.8, 4) is 16.9 Å². The lowest BCUT2D eigenvalue weighted by Crippen LogP contribution is -2.54. The first kappa shape index (κ1) is 27.6. The van der Waals surface area contributed by atoms with Crippen LogP contribution in [0, 0.1) is 11.6 Å². The molecule has 1 amide bonds. The third-order valence-electron chi connectivity index (χ3n) is 7.54. The maximum absolute atomic E-state index is 15.7. The summed E-state index contributed by atoms with van der Waals surface area (Å²) in [6.07, 6.45) is 3.49. The molecule has 4 heterocycles. The van der Waals surface area contributed by atoms with E-state index in [-0.39, 0.29) is 57.3 Å². The Kier molecular flexibility index (Phi) is 6.84. The van der Waals surface area contributed by atoms with Crippen molar-refractivity contribution < 1.29 is 22.0 Å². The van der Waals surface area contributed by atoms with E-state index in [1.54, 1.807) is 9.80 Å². The summed E-state index contributed by atoms with van der Waals surface area (Å²) in [6.45, 7) is 6.24. The minimum absolute atomic E-state index is 0.0773. The first-order chi connectivity index (χ1) is 20.1. The van der Waals surface area contributed by atoms with Crippen LogP contribution in [-0.4, -0.2) is 69.7 Å². The molecular formula is C29H26F2N6O4S. The van der Waals surface area contributed by atoms with Crippen molar-refractivity contribution in [1.82, 2.24) is 24.4 Å². The summed E-state index contributed by atoms with van der Waals surface area (Å²) in [5, 5.41) is -0.815. The highest BCUT2D eigenvalue weighted by atomic mass is 32.2. The van der Waals surface area contributed by atoms with Gasteiger partial charge in [0.2, 0.25) is 15.7 Å². The standard InChI is InChI=1S/C29H26F2N6O4S/c1-3-24(38)35-13-14-36(17(2)16-35)26-20-15-22(31)25(19-7-4-5-8-21(19)30)33-27(20)37(29(39)34-26)23-9-6-12-32-28(23)42(40,41)18-10-11-18/h3-9,12,15,17-18H,1,10-11,13-14,16H2,2H3/t17-/m0/s1. The number of hydrogen-bond donors (Lipinski definition) is 0. The summed E-state index contributed by atoms with van der Waals surface area (Å²) in [6, 6.07) is 9.21. The van der Waals surface area contributed by atoms with Gasteiger partial charge in [-0.2, -0.15) is 4.98 Å². The molecule has 216 valence electrons. The molecule has 1 aromatic carbocycles. The second-order valence-corrected chi connectivity index (χ2v) is 12.5. The van der Waals surface area contributed by atoms with Gasteiger partial charge < -0.3 is 9.80 Å². The number of carbonyl (C=O) groups is 1. The van der Waals surface area contributed by atoms with Gasteiger partial charge in [-0.15, -0.1) is 0 Å². The fraction of sp³-hybridized carbons (Fsp3) is 0.276. The average molecular weight is 593 g/mol. The van der Waals surface area contributed by atoms with Gasteiger partial charge in [0, 0.05) is 37.4 Å². The Morgan fingerprint density at radius 1 is 1.07 bits per heavy atom. The van der Waals surface area contributed by atoms with Gasteiger partial charge in [0.15, 0.2) is 10.7 Å². The zero-order chi connectivity index (χ0) is 29.8. The summed E-state index contributed by atoms with van der Waals surface area (Å²) in [5.74, 6) is -1.70. The molecule has 0 N–H and O–H groups in total. The van der Waals surface area contributed by atoms with Gasteiger partial charge in [-0.25, -0.2) is 36.5 Å². The number of amides is 1. The van der Waals surface area contributed by atoms with Gasteiger partial charge in [-0.1, -0.05) is 18.7 Å². The third kappa shape index (κ3) is 4.63. The zero-order valence-electron chi connectivity index (χ0n) is 22.6. The SMILES string of the molecule is C=CC(=O)N1CCN(c2nc(=O)n(-c3cccnc3S(=O)(=O)C3CC3)c3nc(-c4ccccc4F)c(F)cc23)[C@@H](C)C1. The third-order valence-corrected chi connectivity index (χ3v) is 9.74. The minimum Gasteiger partial charge on any atom is -0.350 e. The van der Waals surface area contributed by atoms with Crippen molar-refractivity contribution in [2.24, 2.45) is 0 Å².